The minimum atomic E-state index is -0.0467. The Bertz CT molecular complexity index is 1460. The number of likely N-dealkylation sites (tertiary alicyclic amines) is 1. The number of nitrogens with zero attached hydrogens (tertiary/aromatic N) is 4. The summed E-state index contributed by atoms with van der Waals surface area (Å²) in [5, 5.41) is 0. The minimum Gasteiger partial charge on any atom is -0.385 e. The maximum atomic E-state index is 13.4. The number of carbonyl (C=O) groups is 1. The molecule has 1 fully saturated rings. The van der Waals surface area contributed by atoms with Crippen molar-refractivity contribution in [3.8, 4) is 5.69 Å². The van der Waals surface area contributed by atoms with E-state index in [2.05, 4.69) is 46.7 Å². The van der Waals surface area contributed by atoms with Gasteiger partial charge in [-0.15, -0.1) is 0 Å². The first-order valence-electron chi connectivity index (χ1n) is 14.0. The number of amides is 1. The molecule has 0 bridgehead atoms. The Labute approximate surface area is 230 Å². The molecule has 5 rings (SSSR count). The van der Waals surface area contributed by atoms with Gasteiger partial charge in [-0.25, -0.2) is 4.98 Å². The molecule has 39 heavy (non-hydrogen) atoms. The van der Waals surface area contributed by atoms with Gasteiger partial charge in [-0.2, -0.15) is 0 Å². The molecule has 1 amide bonds. The second-order valence-corrected chi connectivity index (χ2v) is 10.7. The molecule has 204 valence electrons. The number of aromatic nitrogens is 3. The normalized spacial score (nSPS) is 16.5. The van der Waals surface area contributed by atoms with Gasteiger partial charge in [0, 0.05) is 63.6 Å². The maximum absolute atomic E-state index is 13.4. The number of pyridine rings is 1. The van der Waals surface area contributed by atoms with Crippen molar-refractivity contribution in [2.24, 2.45) is 5.92 Å². The third-order valence-corrected chi connectivity index (χ3v) is 7.70. The molecule has 1 aliphatic rings. The number of fused-ring (bicyclic) bond motifs is 1. The summed E-state index contributed by atoms with van der Waals surface area (Å²) in [5.74, 6) is 1.78. The van der Waals surface area contributed by atoms with Gasteiger partial charge in [0.15, 0.2) is 0 Å². The lowest BCUT2D eigenvalue weighted by Crippen LogP contribution is -2.40. The first-order valence-corrected chi connectivity index (χ1v) is 14.0. The number of piperidine rings is 1. The number of imidazole rings is 1. The molecule has 0 radical (unpaired) electrons. The average molecular weight is 527 g/mol. The van der Waals surface area contributed by atoms with Crippen molar-refractivity contribution in [1.29, 1.82) is 0 Å². The third-order valence-electron chi connectivity index (χ3n) is 7.70. The van der Waals surface area contributed by atoms with Gasteiger partial charge in [-0.3, -0.25) is 14.2 Å². The second-order valence-electron chi connectivity index (χ2n) is 10.7. The van der Waals surface area contributed by atoms with E-state index in [0.29, 0.717) is 13.0 Å². The molecule has 0 saturated carbocycles. The van der Waals surface area contributed by atoms with Crippen molar-refractivity contribution < 1.29 is 9.53 Å². The molecule has 0 N–H and O–H groups in total. The van der Waals surface area contributed by atoms with E-state index in [0.717, 1.165) is 67.9 Å². The zero-order valence-electron chi connectivity index (χ0n) is 23.0. The number of carbonyl (C=O) groups excluding carboxylic acids is 1. The zero-order valence-corrected chi connectivity index (χ0v) is 23.0. The third kappa shape index (κ3) is 6.31. The van der Waals surface area contributed by atoms with E-state index in [1.807, 2.05) is 24.3 Å². The van der Waals surface area contributed by atoms with Crippen LogP contribution < -0.4 is 5.56 Å². The SMILES string of the molecule is COCCCn1c([C@@H]2CCCN(C(=O)C[C@H](C)Cc3ccc(-n4ccccc4=O)cc3)C2)nc2ccccc21. The fraction of sp³-hybridized carbons (Fsp3) is 0.406. The number of hydrogen-bond donors (Lipinski definition) is 0. The van der Waals surface area contributed by atoms with E-state index in [4.69, 9.17) is 9.72 Å². The van der Waals surface area contributed by atoms with Crippen molar-refractivity contribution in [2.45, 2.75) is 51.5 Å². The monoisotopic (exact) mass is 526 g/mol. The van der Waals surface area contributed by atoms with Gasteiger partial charge in [0.05, 0.1) is 11.0 Å². The van der Waals surface area contributed by atoms with E-state index in [1.165, 1.54) is 5.56 Å². The highest BCUT2D eigenvalue weighted by atomic mass is 16.5. The van der Waals surface area contributed by atoms with Crippen LogP contribution in [0.25, 0.3) is 16.7 Å². The number of para-hydroxylation sites is 2. The molecule has 2 aromatic carbocycles. The summed E-state index contributed by atoms with van der Waals surface area (Å²) in [6, 6.07) is 21.5. The number of hydrogen-bond acceptors (Lipinski definition) is 4. The minimum absolute atomic E-state index is 0.0467. The molecule has 0 unspecified atom stereocenters. The standard InChI is InChI=1S/C32H38N4O3/c1-24(21-25-13-15-27(16-14-25)35-18-6-5-12-30(35)37)22-31(38)34-17-7-9-26(23-34)32-33-28-10-3-4-11-29(28)36(32)19-8-20-39-2/h3-6,10-16,18,24,26H,7-9,17,19-23H2,1-2H3/t24-,26-/m1/s1. The predicted octanol–water partition coefficient (Wildman–Crippen LogP) is 5.20. The van der Waals surface area contributed by atoms with Crippen molar-refractivity contribution in [1.82, 2.24) is 19.0 Å². The first kappa shape index (κ1) is 26.9. The zero-order chi connectivity index (χ0) is 27.2. The van der Waals surface area contributed by atoms with Gasteiger partial charge in [0.25, 0.3) is 5.56 Å². The number of methoxy groups -OCH3 is 1. The number of rotatable bonds is 10. The van der Waals surface area contributed by atoms with Crippen LogP contribution in [-0.4, -0.2) is 51.7 Å². The van der Waals surface area contributed by atoms with E-state index < -0.39 is 0 Å². The smallest absolute Gasteiger partial charge is 0.255 e. The lowest BCUT2D eigenvalue weighted by Gasteiger charge is -2.33. The molecule has 1 saturated heterocycles. The van der Waals surface area contributed by atoms with Crippen LogP contribution in [0.1, 0.15) is 49.9 Å². The van der Waals surface area contributed by atoms with Crippen LogP contribution in [0.2, 0.25) is 0 Å². The molecule has 3 heterocycles. The van der Waals surface area contributed by atoms with Gasteiger partial charge >= 0.3 is 0 Å². The number of benzene rings is 2. The summed E-state index contributed by atoms with van der Waals surface area (Å²) in [6.45, 7) is 5.26. The summed E-state index contributed by atoms with van der Waals surface area (Å²) in [5.41, 5.74) is 4.15. The fourth-order valence-corrected chi connectivity index (χ4v) is 5.76. The summed E-state index contributed by atoms with van der Waals surface area (Å²) in [4.78, 5) is 32.5. The van der Waals surface area contributed by atoms with Gasteiger partial charge in [-0.1, -0.05) is 37.3 Å². The van der Waals surface area contributed by atoms with Crippen LogP contribution in [0, 0.1) is 5.92 Å². The van der Waals surface area contributed by atoms with E-state index in [-0.39, 0.29) is 23.3 Å². The van der Waals surface area contributed by atoms with Gasteiger partial charge in [-0.05, 0) is 67.5 Å². The van der Waals surface area contributed by atoms with Crippen molar-refractivity contribution in [2.75, 3.05) is 26.8 Å². The number of aryl methyl sites for hydroxylation is 1. The Kier molecular flexibility index (Phi) is 8.57. The highest BCUT2D eigenvalue weighted by Gasteiger charge is 2.29. The lowest BCUT2D eigenvalue weighted by molar-refractivity contribution is -0.133. The summed E-state index contributed by atoms with van der Waals surface area (Å²) < 4.78 is 9.27. The van der Waals surface area contributed by atoms with E-state index in [9.17, 15) is 9.59 Å². The van der Waals surface area contributed by atoms with Crippen molar-refractivity contribution in [3.63, 3.8) is 0 Å². The van der Waals surface area contributed by atoms with Crippen LogP contribution in [0.5, 0.6) is 0 Å². The topological polar surface area (TPSA) is 69.4 Å². The van der Waals surface area contributed by atoms with Crippen LogP contribution >= 0.6 is 0 Å². The Morgan fingerprint density at radius 1 is 1.08 bits per heavy atom. The second kappa shape index (κ2) is 12.4. The Morgan fingerprint density at radius 3 is 2.67 bits per heavy atom. The Hall–Kier alpha value is -3.71. The molecular formula is C32H38N4O3. The molecule has 2 atom stereocenters. The summed E-state index contributed by atoms with van der Waals surface area (Å²) in [6.07, 6.45) is 6.09. The molecule has 1 aliphatic heterocycles. The van der Waals surface area contributed by atoms with Crippen LogP contribution in [0.3, 0.4) is 0 Å². The molecule has 7 heteroatoms. The van der Waals surface area contributed by atoms with Gasteiger partial charge in [0.1, 0.15) is 5.82 Å². The number of ether oxygens (including phenoxy) is 1. The van der Waals surface area contributed by atoms with Crippen LogP contribution in [0.4, 0.5) is 0 Å². The fourth-order valence-electron chi connectivity index (χ4n) is 5.76. The van der Waals surface area contributed by atoms with E-state index >= 15 is 0 Å². The molecule has 7 nitrogen and oxygen atoms in total. The quantitative estimate of drug-likeness (QED) is 0.267. The predicted molar refractivity (Wildman–Crippen MR) is 154 cm³/mol. The van der Waals surface area contributed by atoms with Gasteiger partial charge in [0.2, 0.25) is 5.91 Å². The summed E-state index contributed by atoms with van der Waals surface area (Å²) >= 11 is 0. The van der Waals surface area contributed by atoms with Crippen molar-refractivity contribution >= 4 is 16.9 Å². The largest absolute Gasteiger partial charge is 0.385 e. The molecule has 4 aromatic rings. The van der Waals surface area contributed by atoms with Gasteiger partial charge < -0.3 is 14.2 Å². The molecule has 2 aromatic heterocycles. The highest BCUT2D eigenvalue weighted by Crippen LogP contribution is 2.30. The first-order chi connectivity index (χ1) is 19.0. The van der Waals surface area contributed by atoms with Crippen LogP contribution in [0.15, 0.2) is 77.7 Å². The van der Waals surface area contributed by atoms with Crippen molar-refractivity contribution in [3.05, 3.63) is 94.7 Å². The molecule has 0 spiro atoms. The lowest BCUT2D eigenvalue weighted by atomic mass is 9.94. The van der Waals surface area contributed by atoms with E-state index in [1.54, 1.807) is 30.0 Å². The maximum Gasteiger partial charge on any atom is 0.255 e. The Balaban J connectivity index is 1.22. The average Bonchev–Trinajstić information content (AvgIpc) is 3.33. The summed E-state index contributed by atoms with van der Waals surface area (Å²) in [7, 11) is 1.74. The molecular weight excluding hydrogens is 488 g/mol. The Morgan fingerprint density at radius 2 is 1.87 bits per heavy atom. The molecule has 0 aliphatic carbocycles. The van der Waals surface area contributed by atoms with Crippen LogP contribution in [-0.2, 0) is 22.5 Å². The highest BCUT2D eigenvalue weighted by molar-refractivity contribution is 5.77.